The second-order valence-electron chi connectivity index (χ2n) is 5.48. The van der Waals surface area contributed by atoms with Gasteiger partial charge >= 0.3 is 0 Å². The van der Waals surface area contributed by atoms with E-state index in [9.17, 15) is 4.79 Å². The van der Waals surface area contributed by atoms with Crippen molar-refractivity contribution in [2.24, 2.45) is 10.2 Å². The molecule has 5 nitrogen and oxygen atoms in total. The molecule has 0 saturated carbocycles. The topological polar surface area (TPSA) is 60.3 Å². The normalized spacial score (nSPS) is 10.7. The number of hydrogen-bond acceptors (Lipinski definition) is 5. The Kier molecular flexibility index (Phi) is 5.39. The van der Waals surface area contributed by atoms with E-state index in [1.807, 2.05) is 36.4 Å². The van der Waals surface area contributed by atoms with Crippen LogP contribution in [0.2, 0.25) is 0 Å². The van der Waals surface area contributed by atoms with Crippen molar-refractivity contribution in [3.05, 3.63) is 83.9 Å². The van der Waals surface area contributed by atoms with Crippen LogP contribution in [0.5, 0.6) is 11.5 Å². The predicted molar refractivity (Wildman–Crippen MR) is 100 cm³/mol. The molecule has 3 rings (SSSR count). The Morgan fingerprint density at radius 1 is 0.769 bits per heavy atom. The smallest absolute Gasteiger partial charge is 0.195 e. The van der Waals surface area contributed by atoms with Crippen molar-refractivity contribution in [1.29, 1.82) is 0 Å². The first-order valence-electron chi connectivity index (χ1n) is 8.05. The van der Waals surface area contributed by atoms with Gasteiger partial charge in [-0.15, -0.1) is 5.11 Å². The van der Waals surface area contributed by atoms with Gasteiger partial charge in [-0.2, -0.15) is 5.11 Å². The fraction of sp³-hybridized carbons (Fsp3) is 0.0952. The zero-order chi connectivity index (χ0) is 18.4. The van der Waals surface area contributed by atoms with E-state index >= 15 is 0 Å². The summed E-state index contributed by atoms with van der Waals surface area (Å²) in [6.45, 7) is 0. The molecule has 130 valence electrons. The number of ketones is 1. The van der Waals surface area contributed by atoms with Gasteiger partial charge < -0.3 is 9.47 Å². The van der Waals surface area contributed by atoms with E-state index in [1.54, 1.807) is 50.6 Å². The summed E-state index contributed by atoms with van der Waals surface area (Å²) in [4.78, 5) is 12.8. The third-order valence-corrected chi connectivity index (χ3v) is 3.81. The number of hydrogen-bond donors (Lipinski definition) is 0. The molecule has 0 fully saturated rings. The fourth-order valence-corrected chi connectivity index (χ4v) is 2.44. The molecule has 0 spiro atoms. The first-order valence-corrected chi connectivity index (χ1v) is 8.05. The number of carbonyl (C=O) groups excluding carboxylic acids is 1. The van der Waals surface area contributed by atoms with Crippen molar-refractivity contribution in [3.63, 3.8) is 0 Å². The highest BCUT2D eigenvalue weighted by Gasteiger charge is 2.14. The Balaban J connectivity index is 1.99. The zero-order valence-electron chi connectivity index (χ0n) is 14.5. The van der Waals surface area contributed by atoms with E-state index in [2.05, 4.69) is 10.2 Å². The number of methoxy groups -OCH3 is 2. The lowest BCUT2D eigenvalue weighted by Gasteiger charge is -2.07. The summed E-state index contributed by atoms with van der Waals surface area (Å²) >= 11 is 0. The largest absolute Gasteiger partial charge is 0.497 e. The van der Waals surface area contributed by atoms with Crippen LogP contribution in [0.3, 0.4) is 0 Å². The van der Waals surface area contributed by atoms with Crippen molar-refractivity contribution in [2.75, 3.05) is 14.2 Å². The summed E-state index contributed by atoms with van der Waals surface area (Å²) in [5, 5.41) is 8.51. The van der Waals surface area contributed by atoms with E-state index in [-0.39, 0.29) is 5.78 Å². The van der Waals surface area contributed by atoms with Crippen LogP contribution in [0.4, 0.5) is 11.4 Å². The molecule has 0 aliphatic rings. The number of nitrogens with zero attached hydrogens (tertiary/aromatic N) is 2. The molecule has 0 unspecified atom stereocenters. The number of ether oxygens (including phenoxy) is 2. The van der Waals surface area contributed by atoms with Crippen LogP contribution in [0.25, 0.3) is 0 Å². The van der Waals surface area contributed by atoms with Crippen molar-refractivity contribution in [2.45, 2.75) is 0 Å². The lowest BCUT2D eigenvalue weighted by Crippen LogP contribution is -2.01. The maximum absolute atomic E-state index is 12.8. The molecule has 0 bridgehead atoms. The first-order chi connectivity index (χ1) is 12.7. The summed E-state index contributed by atoms with van der Waals surface area (Å²) in [6, 6.07) is 21.4. The monoisotopic (exact) mass is 346 g/mol. The summed E-state index contributed by atoms with van der Waals surface area (Å²) in [5.41, 5.74) is 2.13. The predicted octanol–water partition coefficient (Wildman–Crippen LogP) is 5.35. The highest BCUT2D eigenvalue weighted by molar-refractivity contribution is 6.12. The van der Waals surface area contributed by atoms with Crippen molar-refractivity contribution in [3.8, 4) is 11.5 Å². The molecule has 0 aliphatic carbocycles. The Morgan fingerprint density at radius 3 is 2.23 bits per heavy atom. The molecule has 0 aliphatic heterocycles. The van der Waals surface area contributed by atoms with Crippen LogP contribution in [0.15, 0.2) is 83.0 Å². The number of rotatable bonds is 6. The molecule has 3 aromatic carbocycles. The van der Waals surface area contributed by atoms with Crippen LogP contribution in [-0.4, -0.2) is 20.0 Å². The van der Waals surface area contributed by atoms with E-state index in [0.717, 1.165) is 0 Å². The average molecular weight is 346 g/mol. The molecule has 0 heterocycles. The minimum atomic E-state index is -0.118. The number of azo groups is 1. The van der Waals surface area contributed by atoms with E-state index in [4.69, 9.17) is 9.47 Å². The van der Waals surface area contributed by atoms with Crippen molar-refractivity contribution in [1.82, 2.24) is 0 Å². The van der Waals surface area contributed by atoms with Crippen molar-refractivity contribution >= 4 is 17.2 Å². The second kappa shape index (κ2) is 8.07. The van der Waals surface area contributed by atoms with E-state index in [1.165, 1.54) is 0 Å². The molecule has 3 aromatic rings. The van der Waals surface area contributed by atoms with Gasteiger partial charge in [0.15, 0.2) is 5.78 Å². The van der Waals surface area contributed by atoms with Crippen LogP contribution in [-0.2, 0) is 0 Å². The summed E-state index contributed by atoms with van der Waals surface area (Å²) < 4.78 is 10.4. The quantitative estimate of drug-likeness (QED) is 0.446. The van der Waals surface area contributed by atoms with Gasteiger partial charge in [-0.3, -0.25) is 4.79 Å². The van der Waals surface area contributed by atoms with Gasteiger partial charge in [0.05, 0.1) is 25.5 Å². The van der Waals surface area contributed by atoms with Gasteiger partial charge in [-0.25, -0.2) is 0 Å². The standard InChI is InChI=1S/C21H18N2O3/c1-25-17-10-6-9-16(13-17)22-23-20-14-18(26-2)11-12-19(20)21(24)15-7-4-3-5-8-15/h3-14H,1-2H3. The fourth-order valence-electron chi connectivity index (χ4n) is 2.44. The van der Waals surface area contributed by atoms with Crippen LogP contribution < -0.4 is 9.47 Å². The highest BCUT2D eigenvalue weighted by Crippen LogP contribution is 2.29. The van der Waals surface area contributed by atoms with Gasteiger partial charge in [0.25, 0.3) is 0 Å². The van der Waals surface area contributed by atoms with Crippen LogP contribution in [0, 0.1) is 0 Å². The lowest BCUT2D eigenvalue weighted by molar-refractivity contribution is 0.103. The maximum Gasteiger partial charge on any atom is 0.195 e. The van der Waals surface area contributed by atoms with Gasteiger partial charge in [0.1, 0.15) is 17.2 Å². The summed E-state index contributed by atoms with van der Waals surface area (Å²) in [7, 11) is 3.16. The van der Waals surface area contributed by atoms with Crippen LogP contribution >= 0.6 is 0 Å². The van der Waals surface area contributed by atoms with Crippen molar-refractivity contribution < 1.29 is 14.3 Å². The Morgan fingerprint density at radius 2 is 1.50 bits per heavy atom. The molecule has 26 heavy (non-hydrogen) atoms. The highest BCUT2D eigenvalue weighted by atomic mass is 16.5. The molecule has 0 amide bonds. The molecular weight excluding hydrogens is 328 g/mol. The maximum atomic E-state index is 12.8. The molecule has 0 aromatic heterocycles. The van der Waals surface area contributed by atoms with Gasteiger partial charge in [0.2, 0.25) is 0 Å². The second-order valence-corrected chi connectivity index (χ2v) is 5.48. The lowest BCUT2D eigenvalue weighted by atomic mass is 10.0. The third-order valence-electron chi connectivity index (χ3n) is 3.81. The van der Waals surface area contributed by atoms with Crippen LogP contribution in [0.1, 0.15) is 15.9 Å². The first kappa shape index (κ1) is 17.4. The molecule has 0 N–H and O–H groups in total. The SMILES string of the molecule is COc1cccc(N=Nc2cc(OC)ccc2C(=O)c2ccccc2)c1. The third kappa shape index (κ3) is 3.95. The summed E-state index contributed by atoms with van der Waals surface area (Å²) in [6.07, 6.45) is 0. The van der Waals surface area contributed by atoms with Gasteiger partial charge in [0, 0.05) is 17.7 Å². The van der Waals surface area contributed by atoms with Gasteiger partial charge in [-0.1, -0.05) is 36.4 Å². The Bertz CT molecular complexity index is 937. The average Bonchev–Trinajstić information content (AvgIpc) is 2.72. The Labute approximate surface area is 151 Å². The zero-order valence-corrected chi connectivity index (χ0v) is 14.5. The Hall–Kier alpha value is -3.47. The molecule has 5 heteroatoms. The molecule has 0 saturated heterocycles. The minimum absolute atomic E-state index is 0.118. The molecule has 0 radical (unpaired) electrons. The summed E-state index contributed by atoms with van der Waals surface area (Å²) in [5.74, 6) is 1.18. The van der Waals surface area contributed by atoms with Gasteiger partial charge in [-0.05, 0) is 24.3 Å². The minimum Gasteiger partial charge on any atom is -0.497 e. The molecular formula is C21H18N2O3. The number of carbonyl (C=O) groups is 1. The number of benzene rings is 3. The van der Waals surface area contributed by atoms with E-state index < -0.39 is 0 Å². The molecule has 0 atom stereocenters. The van der Waals surface area contributed by atoms with E-state index in [0.29, 0.717) is 34.0 Å².